The molecule has 4 rings (SSSR count). The van der Waals surface area contributed by atoms with Gasteiger partial charge in [-0.1, -0.05) is 35.9 Å². The molecule has 0 bridgehead atoms. The molecule has 34 heavy (non-hydrogen) atoms. The van der Waals surface area contributed by atoms with Crippen LogP contribution in [0.25, 0.3) is 11.1 Å². The summed E-state index contributed by atoms with van der Waals surface area (Å²) in [7, 11) is 1.86. The maximum Gasteiger partial charge on any atom is 0.247 e. The highest BCUT2D eigenvalue weighted by molar-refractivity contribution is 6.30. The molecule has 0 aliphatic carbocycles. The van der Waals surface area contributed by atoms with Crippen LogP contribution in [0, 0.1) is 11.3 Å². The summed E-state index contributed by atoms with van der Waals surface area (Å²) in [4.78, 5) is 17.6. The van der Waals surface area contributed by atoms with Crippen LogP contribution in [0.1, 0.15) is 22.7 Å². The summed E-state index contributed by atoms with van der Waals surface area (Å²) in [6.45, 7) is 0.569. The van der Waals surface area contributed by atoms with Crippen molar-refractivity contribution >= 4 is 23.3 Å². The molecule has 0 saturated carbocycles. The van der Waals surface area contributed by atoms with Gasteiger partial charge in [-0.05, 0) is 53.9 Å². The zero-order chi connectivity index (χ0) is 23.9. The molecule has 0 spiro atoms. The number of nitriles is 1. The highest BCUT2D eigenvalue weighted by Crippen LogP contribution is 2.21. The number of anilines is 1. The van der Waals surface area contributed by atoms with Crippen LogP contribution >= 0.6 is 11.6 Å². The van der Waals surface area contributed by atoms with E-state index in [1.807, 2.05) is 43.6 Å². The molecule has 0 aliphatic rings. The van der Waals surface area contributed by atoms with Crippen molar-refractivity contribution in [2.75, 3.05) is 11.9 Å². The quantitative estimate of drug-likeness (QED) is 0.394. The first kappa shape index (κ1) is 23.2. The molecule has 2 N–H and O–H groups in total. The van der Waals surface area contributed by atoms with Crippen molar-refractivity contribution in [2.45, 2.75) is 12.5 Å². The second-order valence-electron chi connectivity index (χ2n) is 7.82. The number of benzene rings is 2. The smallest absolute Gasteiger partial charge is 0.247 e. The monoisotopic (exact) mass is 470 g/mol. The van der Waals surface area contributed by atoms with E-state index in [1.165, 1.54) is 0 Å². The van der Waals surface area contributed by atoms with Crippen LogP contribution < -0.4 is 10.6 Å². The lowest BCUT2D eigenvalue weighted by atomic mass is 10.0. The molecule has 2 heterocycles. The molecule has 2 aromatic heterocycles. The third-order valence-electron chi connectivity index (χ3n) is 5.36. The Morgan fingerprint density at radius 2 is 1.82 bits per heavy atom. The van der Waals surface area contributed by atoms with E-state index in [1.54, 1.807) is 47.4 Å². The van der Waals surface area contributed by atoms with Gasteiger partial charge in [0.25, 0.3) is 0 Å². The van der Waals surface area contributed by atoms with E-state index in [-0.39, 0.29) is 5.91 Å². The van der Waals surface area contributed by atoms with E-state index in [9.17, 15) is 4.79 Å². The van der Waals surface area contributed by atoms with Crippen molar-refractivity contribution in [2.24, 2.45) is 7.05 Å². The Labute approximate surface area is 203 Å². The van der Waals surface area contributed by atoms with Gasteiger partial charge in [0.15, 0.2) is 0 Å². The summed E-state index contributed by atoms with van der Waals surface area (Å²) < 4.78 is 1.73. The molecule has 0 fully saturated rings. The third kappa shape index (κ3) is 5.87. The molecule has 4 aromatic rings. The molecule has 2 aromatic carbocycles. The fraction of sp³-hybridized carbons (Fsp3) is 0.154. The van der Waals surface area contributed by atoms with Crippen LogP contribution in [0.2, 0.25) is 5.02 Å². The van der Waals surface area contributed by atoms with Gasteiger partial charge in [0, 0.05) is 42.1 Å². The number of aromatic nitrogens is 3. The molecule has 1 amide bonds. The van der Waals surface area contributed by atoms with Crippen molar-refractivity contribution in [3.8, 4) is 17.2 Å². The predicted molar refractivity (Wildman–Crippen MR) is 132 cm³/mol. The largest absolute Gasteiger partial charge is 0.309 e. The Bertz CT molecular complexity index is 1290. The lowest BCUT2D eigenvalue weighted by Crippen LogP contribution is -2.34. The zero-order valence-corrected chi connectivity index (χ0v) is 19.3. The summed E-state index contributed by atoms with van der Waals surface area (Å²) in [5.41, 5.74) is 4.37. The van der Waals surface area contributed by atoms with Gasteiger partial charge < -0.3 is 10.6 Å². The van der Waals surface area contributed by atoms with E-state index in [2.05, 4.69) is 26.8 Å². The lowest BCUT2D eigenvalue weighted by Gasteiger charge is -2.19. The molecule has 1 atom stereocenters. The number of aryl methyl sites for hydroxylation is 1. The first-order chi connectivity index (χ1) is 16.5. The van der Waals surface area contributed by atoms with Gasteiger partial charge in [0.1, 0.15) is 11.9 Å². The summed E-state index contributed by atoms with van der Waals surface area (Å²) in [6, 6.07) is 19.8. The van der Waals surface area contributed by atoms with E-state index < -0.39 is 6.04 Å². The van der Waals surface area contributed by atoms with Crippen LogP contribution in [0.5, 0.6) is 0 Å². The van der Waals surface area contributed by atoms with Crippen LogP contribution in [-0.2, 0) is 18.3 Å². The molecule has 0 radical (unpaired) electrons. The standard InChI is InChI=1S/C26H23ClN6O/c1-33-17-22(16-31-33)21-8-11-24(30-15-21)32-26(34)25(20-6-9-23(27)10-7-20)29-13-12-18-2-4-19(14-28)5-3-18/h2-11,15-17,25,29H,12-13H2,1H3,(H,30,32,34)/t25-/m0/s1. The minimum atomic E-state index is -0.588. The van der Waals surface area contributed by atoms with Crippen LogP contribution in [0.4, 0.5) is 5.82 Å². The van der Waals surface area contributed by atoms with Crippen molar-refractivity contribution in [3.63, 3.8) is 0 Å². The fourth-order valence-electron chi connectivity index (χ4n) is 3.53. The van der Waals surface area contributed by atoms with E-state index in [4.69, 9.17) is 16.9 Å². The topological polar surface area (TPSA) is 95.6 Å². The average molecular weight is 471 g/mol. The number of pyridine rings is 1. The van der Waals surface area contributed by atoms with Gasteiger partial charge in [-0.3, -0.25) is 9.48 Å². The Morgan fingerprint density at radius 1 is 1.06 bits per heavy atom. The molecule has 7 nitrogen and oxygen atoms in total. The lowest BCUT2D eigenvalue weighted by molar-refractivity contribution is -0.118. The van der Waals surface area contributed by atoms with Crippen LogP contribution in [0.3, 0.4) is 0 Å². The summed E-state index contributed by atoms with van der Waals surface area (Å²) in [5.74, 6) is 0.245. The van der Waals surface area contributed by atoms with Crippen molar-refractivity contribution in [1.29, 1.82) is 5.26 Å². The van der Waals surface area contributed by atoms with Gasteiger partial charge in [-0.25, -0.2) is 4.98 Å². The summed E-state index contributed by atoms with van der Waals surface area (Å²) >= 11 is 6.04. The van der Waals surface area contributed by atoms with E-state index in [0.29, 0.717) is 29.4 Å². The number of hydrogen-bond donors (Lipinski definition) is 2. The summed E-state index contributed by atoms with van der Waals surface area (Å²) in [5, 5.41) is 20.0. The molecule has 170 valence electrons. The number of rotatable bonds is 8. The highest BCUT2D eigenvalue weighted by Gasteiger charge is 2.20. The maximum absolute atomic E-state index is 13.2. The fourth-order valence-corrected chi connectivity index (χ4v) is 3.66. The SMILES string of the molecule is Cn1cc(-c2ccc(NC(=O)[C@@H](NCCc3ccc(C#N)cc3)c3ccc(Cl)cc3)nc2)cn1. The summed E-state index contributed by atoms with van der Waals surface area (Å²) in [6.07, 6.45) is 6.09. The molecule has 8 heteroatoms. The maximum atomic E-state index is 13.2. The predicted octanol–water partition coefficient (Wildman–Crippen LogP) is 4.52. The van der Waals surface area contributed by atoms with Gasteiger partial charge >= 0.3 is 0 Å². The minimum absolute atomic E-state index is 0.219. The minimum Gasteiger partial charge on any atom is -0.309 e. The second-order valence-corrected chi connectivity index (χ2v) is 8.26. The van der Waals surface area contributed by atoms with Gasteiger partial charge in [-0.15, -0.1) is 0 Å². The van der Waals surface area contributed by atoms with Crippen molar-refractivity contribution < 1.29 is 4.79 Å². The molecule has 0 saturated heterocycles. The Morgan fingerprint density at radius 3 is 2.44 bits per heavy atom. The van der Waals surface area contributed by atoms with Gasteiger partial charge in [-0.2, -0.15) is 10.4 Å². The number of nitrogens with zero attached hydrogens (tertiary/aromatic N) is 4. The van der Waals surface area contributed by atoms with Gasteiger partial charge in [0.05, 0.1) is 17.8 Å². The van der Waals surface area contributed by atoms with Crippen molar-refractivity contribution in [3.05, 3.63) is 101 Å². The molecular weight excluding hydrogens is 448 g/mol. The van der Waals surface area contributed by atoms with Crippen molar-refractivity contribution in [1.82, 2.24) is 20.1 Å². The number of carbonyl (C=O) groups is 1. The first-order valence-electron chi connectivity index (χ1n) is 10.8. The number of hydrogen-bond acceptors (Lipinski definition) is 5. The number of nitrogens with one attached hydrogen (secondary N) is 2. The van der Waals surface area contributed by atoms with Gasteiger partial charge in [0.2, 0.25) is 5.91 Å². The van der Waals surface area contributed by atoms with E-state index >= 15 is 0 Å². The molecule has 0 unspecified atom stereocenters. The number of amides is 1. The third-order valence-corrected chi connectivity index (χ3v) is 5.62. The number of carbonyl (C=O) groups excluding carboxylic acids is 1. The molecular formula is C26H23ClN6O. The first-order valence-corrected chi connectivity index (χ1v) is 11.1. The molecule has 0 aliphatic heterocycles. The number of halogens is 1. The Hall–Kier alpha value is -3.99. The highest BCUT2D eigenvalue weighted by atomic mass is 35.5. The second kappa shape index (κ2) is 10.8. The Kier molecular flexibility index (Phi) is 7.33. The van der Waals surface area contributed by atoms with E-state index in [0.717, 1.165) is 22.3 Å². The zero-order valence-electron chi connectivity index (χ0n) is 18.6. The normalized spacial score (nSPS) is 11.6. The average Bonchev–Trinajstić information content (AvgIpc) is 3.29. The Balaban J connectivity index is 1.44. The van der Waals surface area contributed by atoms with Crippen LogP contribution in [-0.4, -0.2) is 27.2 Å². The van der Waals surface area contributed by atoms with Crippen LogP contribution in [0.15, 0.2) is 79.3 Å².